The zero-order chi connectivity index (χ0) is 45.9. The van der Waals surface area contributed by atoms with Crippen LogP contribution in [0.2, 0.25) is 0 Å². The van der Waals surface area contributed by atoms with Crippen LogP contribution in [0, 0.1) is 35.0 Å². The van der Waals surface area contributed by atoms with Gasteiger partial charge in [0, 0.05) is 63.5 Å². The highest BCUT2D eigenvalue weighted by Crippen LogP contribution is 2.78. The Balaban J connectivity index is 1.13. The molecule has 14 nitrogen and oxygen atoms in total. The van der Waals surface area contributed by atoms with Crippen LogP contribution in [0.4, 0.5) is 5.82 Å². The van der Waals surface area contributed by atoms with Crippen molar-refractivity contribution >= 4 is 40.0 Å². The number of fused-ring (bicyclic) bond motifs is 8. The number of carbonyl (C=O) groups is 3. The van der Waals surface area contributed by atoms with Gasteiger partial charge >= 0.3 is 0 Å². The van der Waals surface area contributed by atoms with E-state index in [9.17, 15) is 40.2 Å². The molecule has 67 heavy (non-hydrogen) atoms. The number of aromatic hydroxyl groups is 1. The molecule has 12 unspecified atom stereocenters. The molecule has 7 aliphatic carbocycles. The van der Waals surface area contributed by atoms with Gasteiger partial charge in [0.25, 0.3) is 5.79 Å². The summed E-state index contributed by atoms with van der Waals surface area (Å²) in [6.07, 6.45) is 4.83. The minimum absolute atomic E-state index is 0.000156. The number of rotatable bonds is 2. The number of phenols is 1. The molecule has 8 bridgehead atoms. The van der Waals surface area contributed by atoms with E-state index in [1.54, 1.807) is 31.3 Å². The molecular formula is C53H53N3O11. The van der Waals surface area contributed by atoms with E-state index < -0.39 is 70.1 Å². The maximum Gasteiger partial charge on any atom is 0.261 e. The van der Waals surface area contributed by atoms with E-state index in [1.807, 2.05) is 6.07 Å². The van der Waals surface area contributed by atoms with Crippen molar-refractivity contribution < 1.29 is 54.5 Å². The summed E-state index contributed by atoms with van der Waals surface area (Å²) in [6.45, 7) is 1.71. The van der Waals surface area contributed by atoms with E-state index in [1.165, 1.54) is 12.1 Å². The summed E-state index contributed by atoms with van der Waals surface area (Å²) >= 11 is 0. The summed E-state index contributed by atoms with van der Waals surface area (Å²) in [5, 5.41) is 81.4. The number of aromatic nitrogens is 2. The van der Waals surface area contributed by atoms with Crippen molar-refractivity contribution in [1.29, 1.82) is 0 Å². The topological polar surface area (TPSA) is 232 Å². The fraction of sp³-hybridized carbons (Fsp3) is 0.509. The van der Waals surface area contributed by atoms with Gasteiger partial charge in [0.1, 0.15) is 35.8 Å². The summed E-state index contributed by atoms with van der Waals surface area (Å²) in [4.78, 5) is 50.6. The van der Waals surface area contributed by atoms with Crippen LogP contribution in [-0.4, -0.2) is 107 Å². The van der Waals surface area contributed by atoms with Crippen molar-refractivity contribution in [2.24, 2.45) is 28.1 Å². The zero-order valence-electron chi connectivity index (χ0n) is 37.1. The van der Waals surface area contributed by atoms with Gasteiger partial charge in [-0.25, -0.2) is 4.98 Å². The third-order valence-electron chi connectivity index (χ3n) is 19.3. The van der Waals surface area contributed by atoms with Gasteiger partial charge in [-0.1, -0.05) is 12.8 Å². The number of aromatic amines is 1. The molecule has 6 heterocycles. The number of hydrogen-bond acceptors (Lipinski definition) is 13. The van der Waals surface area contributed by atoms with Gasteiger partial charge < -0.3 is 55.2 Å². The van der Waals surface area contributed by atoms with Crippen LogP contribution < -0.4 is 10.1 Å². The number of carbonyl (C=O) groups excluding carboxylic acids is 3. The van der Waals surface area contributed by atoms with E-state index >= 15 is 4.79 Å². The number of anilines is 1. The van der Waals surface area contributed by atoms with E-state index in [0.29, 0.717) is 64.0 Å². The highest BCUT2D eigenvalue weighted by molar-refractivity contribution is 6.34. The summed E-state index contributed by atoms with van der Waals surface area (Å²) in [6, 6.07) is 8.12. The van der Waals surface area contributed by atoms with E-state index in [2.05, 4.69) is 10.3 Å². The summed E-state index contributed by atoms with van der Waals surface area (Å²) in [7, 11) is 0. The lowest BCUT2D eigenvalue weighted by Crippen LogP contribution is -2.80. The number of ether oxygens (including phenoxy) is 2. The zero-order valence-corrected chi connectivity index (χ0v) is 37.1. The van der Waals surface area contributed by atoms with Gasteiger partial charge in [0.15, 0.2) is 17.5 Å². The van der Waals surface area contributed by atoms with Gasteiger partial charge in [-0.05, 0) is 152 Å². The first-order valence-corrected chi connectivity index (χ1v) is 24.3. The van der Waals surface area contributed by atoms with Crippen LogP contribution in [0.25, 0.3) is 16.3 Å². The second-order valence-electron chi connectivity index (χ2n) is 22.0. The minimum atomic E-state index is -2.45. The lowest BCUT2D eigenvalue weighted by Gasteiger charge is -2.67. The number of nitrogens with zero attached hydrogens (tertiary/aromatic N) is 1. The molecule has 346 valence electrons. The first-order chi connectivity index (χ1) is 32.2. The molecule has 8 N–H and O–H groups in total. The molecule has 0 radical (unpaired) electrons. The Bertz CT molecular complexity index is 3040. The molecule has 14 heteroatoms. The van der Waals surface area contributed by atoms with E-state index in [-0.39, 0.29) is 64.1 Å². The van der Waals surface area contributed by atoms with Crippen molar-refractivity contribution in [3.63, 3.8) is 0 Å². The molecular weight excluding hydrogens is 855 g/mol. The van der Waals surface area contributed by atoms with Crippen LogP contribution in [-0.2, 0) is 16.0 Å². The molecule has 5 fully saturated rings. The number of pyridine rings is 1. The molecule has 2 aromatic carbocycles. The quantitative estimate of drug-likeness (QED) is 0.107. The van der Waals surface area contributed by atoms with Crippen LogP contribution in [0.5, 0.6) is 11.5 Å². The Morgan fingerprint density at radius 2 is 1.67 bits per heavy atom. The van der Waals surface area contributed by atoms with Crippen molar-refractivity contribution in [2.75, 3.05) is 11.9 Å². The summed E-state index contributed by atoms with van der Waals surface area (Å²) in [5.41, 5.74) is -0.111. The normalized spacial score (nSPS) is 39.0. The van der Waals surface area contributed by atoms with Crippen LogP contribution in [0.1, 0.15) is 131 Å². The average molecular weight is 908 g/mol. The second-order valence-corrected chi connectivity index (χ2v) is 22.0. The highest BCUT2D eigenvalue weighted by atomic mass is 16.7. The largest absolute Gasteiger partial charge is 0.507 e. The number of H-pyrrole nitrogens is 1. The number of benzene rings is 2. The van der Waals surface area contributed by atoms with Gasteiger partial charge in [0.05, 0.1) is 23.3 Å². The number of aldehydes is 1. The van der Waals surface area contributed by atoms with Crippen molar-refractivity contribution in [3.8, 4) is 11.5 Å². The van der Waals surface area contributed by atoms with Crippen LogP contribution in [0.15, 0.2) is 53.8 Å². The first kappa shape index (κ1) is 40.8. The van der Waals surface area contributed by atoms with Crippen molar-refractivity contribution in [3.05, 3.63) is 98.5 Å². The molecule has 15 rings (SSSR count). The smallest absolute Gasteiger partial charge is 0.261 e. The fourth-order valence-electron chi connectivity index (χ4n) is 16.9. The minimum Gasteiger partial charge on any atom is -0.507 e. The monoisotopic (exact) mass is 907 g/mol. The Hall–Kier alpha value is -5.22. The van der Waals surface area contributed by atoms with Crippen LogP contribution in [0.3, 0.4) is 0 Å². The molecule has 1 saturated heterocycles. The lowest BCUT2D eigenvalue weighted by molar-refractivity contribution is -0.369. The molecule has 4 aliphatic heterocycles. The molecule has 12 atom stereocenters. The first-order valence-electron chi connectivity index (χ1n) is 24.3. The van der Waals surface area contributed by atoms with Gasteiger partial charge in [-0.15, -0.1) is 0 Å². The Labute approximate surface area is 385 Å². The third kappa shape index (κ3) is 4.64. The number of phenolic OH excluding ortho intramolecular Hbond substituents is 1. The molecule has 4 aromatic rings. The second kappa shape index (κ2) is 13.1. The van der Waals surface area contributed by atoms with Gasteiger partial charge in [0.2, 0.25) is 5.78 Å². The highest BCUT2D eigenvalue weighted by Gasteiger charge is 2.79. The molecule has 11 aliphatic rings. The maximum absolute atomic E-state index is 15.1. The fourth-order valence-corrected chi connectivity index (χ4v) is 16.9. The molecule has 2 aromatic heterocycles. The number of nitrogens with one attached hydrogen (secondary N) is 2. The van der Waals surface area contributed by atoms with Gasteiger partial charge in [-0.2, -0.15) is 0 Å². The molecule has 4 saturated carbocycles. The van der Waals surface area contributed by atoms with Gasteiger partial charge in [-0.3, -0.25) is 9.59 Å². The lowest BCUT2D eigenvalue weighted by atomic mass is 9.42. The van der Waals surface area contributed by atoms with Crippen molar-refractivity contribution in [2.45, 2.75) is 132 Å². The Morgan fingerprint density at radius 3 is 2.46 bits per heavy atom. The average Bonchev–Trinajstić information content (AvgIpc) is 4.12. The Morgan fingerprint density at radius 1 is 0.881 bits per heavy atom. The predicted octanol–water partition coefficient (Wildman–Crippen LogP) is 5.21. The number of aliphatic hydroxyl groups excluding tert-OH is 5. The summed E-state index contributed by atoms with van der Waals surface area (Å²) < 4.78 is 14.5. The molecule has 0 amide bonds. The SMILES string of the molecule is Cc1cc(O)c2c(c1)C(=O)c1c(c3cc4c(nccc14)NCC(O)C14C5=C6C7=CC8(O3)OC6(C(O)C(O)C8O)C(O)C3(CCC6(CCCC6)C3)C5CCC1CCC4c1cc(CC=O)[nH]c17)C2=O. The number of hydrogen-bond donors (Lipinski definition) is 8. The summed E-state index contributed by atoms with van der Waals surface area (Å²) in [5.74, 6) is -4.67. The maximum atomic E-state index is 15.1. The molecule has 5 spiro atoms. The van der Waals surface area contributed by atoms with Crippen LogP contribution >= 0.6 is 0 Å². The predicted molar refractivity (Wildman–Crippen MR) is 241 cm³/mol. The van der Waals surface area contributed by atoms with Crippen molar-refractivity contribution in [1.82, 2.24) is 9.97 Å². The third-order valence-corrected chi connectivity index (χ3v) is 19.3. The number of aryl methyl sites for hydroxylation is 1. The van der Waals surface area contributed by atoms with E-state index in [4.69, 9.17) is 14.5 Å². The Kier molecular flexibility index (Phi) is 7.98. The standard InChI is InChI=1S/C53H53N3O11/c1-23-16-29-36(33(58)17-23)43(61)38-34-19-27-26(37(38)42(29)60)8-14-54-47(27)55-21-35(59)52-24-4-6-31(52)28-18-25(9-15-57)56-41(28)30-20-51(66-34)45(63)44(62)46(64)53(67-51)39(30)40(52)32(7-5-24)50(48(53)65)13-12-49(22-50)10-2-3-11-49/h8,14-20,24,31-32,35,44-46,48,56,58-59,62-65H,2-7,9-13,21-22H2,1H3,(H,54,55). The number of aliphatic hydroxyl groups is 5. The van der Waals surface area contributed by atoms with E-state index in [0.717, 1.165) is 68.8 Å². The number of ketones is 2.